The van der Waals surface area contributed by atoms with Crippen molar-refractivity contribution in [1.29, 1.82) is 0 Å². The van der Waals surface area contributed by atoms with Crippen LogP contribution in [0.1, 0.15) is 31.6 Å². The van der Waals surface area contributed by atoms with Crippen LogP contribution in [0.5, 0.6) is 0 Å². The van der Waals surface area contributed by atoms with Crippen LogP contribution in [-0.2, 0) is 9.53 Å². The second-order valence-corrected chi connectivity index (χ2v) is 8.59. The minimum Gasteiger partial charge on any atom is -0.441 e. The van der Waals surface area contributed by atoms with Gasteiger partial charge in [-0.25, -0.2) is 9.97 Å². The molecule has 0 spiro atoms. The molecule has 2 aromatic heterocycles. The van der Waals surface area contributed by atoms with Crippen LogP contribution in [0.3, 0.4) is 0 Å². The number of anilines is 1. The van der Waals surface area contributed by atoms with Gasteiger partial charge in [-0.2, -0.15) is 0 Å². The van der Waals surface area contributed by atoms with E-state index in [1.54, 1.807) is 12.4 Å². The molecule has 1 aliphatic carbocycles. The average molecular weight is 421 g/mol. The van der Waals surface area contributed by atoms with Crippen LogP contribution < -0.4 is 10.6 Å². The quantitative estimate of drug-likeness (QED) is 0.665. The number of fused-ring (bicyclic) bond motifs is 1. The number of oxazole rings is 1. The van der Waals surface area contributed by atoms with E-state index in [2.05, 4.69) is 20.6 Å². The molecule has 1 aliphatic heterocycles. The Hall–Kier alpha value is -2.77. The maximum absolute atomic E-state index is 12.9. The van der Waals surface area contributed by atoms with Gasteiger partial charge in [0.05, 0.1) is 18.9 Å². The molecule has 2 fully saturated rings. The maximum Gasteiger partial charge on any atom is 0.228 e. The summed E-state index contributed by atoms with van der Waals surface area (Å²) in [6, 6.07) is 7.96. The number of hydrogen-bond acceptors (Lipinski definition) is 6. The number of ether oxygens (including phenoxy) is 1. The third kappa shape index (κ3) is 4.48. The predicted octanol–water partition coefficient (Wildman–Crippen LogP) is 3.93. The van der Waals surface area contributed by atoms with E-state index in [0.29, 0.717) is 23.7 Å². The first kappa shape index (κ1) is 20.2. The number of nitrogens with zero attached hydrogens (tertiary/aromatic N) is 2. The lowest BCUT2D eigenvalue weighted by Crippen LogP contribution is -2.44. The van der Waals surface area contributed by atoms with Gasteiger partial charge < -0.3 is 19.8 Å². The molecule has 2 N–H and O–H groups in total. The number of aromatic nitrogens is 2. The fourth-order valence-corrected chi connectivity index (χ4v) is 4.73. The Labute approximate surface area is 181 Å². The summed E-state index contributed by atoms with van der Waals surface area (Å²) in [4.78, 5) is 21.5. The van der Waals surface area contributed by atoms with Gasteiger partial charge >= 0.3 is 0 Å². The van der Waals surface area contributed by atoms with E-state index in [9.17, 15) is 4.79 Å². The van der Waals surface area contributed by atoms with Crippen molar-refractivity contribution in [2.45, 2.75) is 38.7 Å². The Morgan fingerprint density at radius 3 is 2.71 bits per heavy atom. The second kappa shape index (κ2) is 8.77. The highest BCUT2D eigenvalue weighted by Crippen LogP contribution is 2.33. The number of carbonyl (C=O) groups excluding carboxylic acids is 1. The number of pyridine rings is 1. The molecule has 1 atom stereocenters. The molecule has 31 heavy (non-hydrogen) atoms. The summed E-state index contributed by atoms with van der Waals surface area (Å²) >= 11 is 0. The topological polar surface area (TPSA) is 89.3 Å². The molecule has 1 amide bonds. The first-order valence-corrected chi connectivity index (χ1v) is 11.1. The van der Waals surface area contributed by atoms with Crippen LogP contribution >= 0.6 is 0 Å². The van der Waals surface area contributed by atoms with E-state index < -0.39 is 0 Å². The fraction of sp³-hybridized carbons (Fsp3) is 0.458. The van der Waals surface area contributed by atoms with Gasteiger partial charge in [0, 0.05) is 43.1 Å². The molecule has 1 saturated heterocycles. The number of amides is 1. The Kier molecular flexibility index (Phi) is 5.70. The highest BCUT2D eigenvalue weighted by atomic mass is 16.5. The van der Waals surface area contributed by atoms with Crippen LogP contribution in [0.4, 0.5) is 5.82 Å². The van der Waals surface area contributed by atoms with Crippen LogP contribution in [0.2, 0.25) is 0 Å². The molecule has 1 aromatic carbocycles. The average Bonchev–Trinajstić information content (AvgIpc) is 3.25. The fourth-order valence-electron chi connectivity index (χ4n) is 4.73. The summed E-state index contributed by atoms with van der Waals surface area (Å²) in [5.41, 5.74) is 0.953. The van der Waals surface area contributed by atoms with E-state index >= 15 is 0 Å². The van der Waals surface area contributed by atoms with E-state index in [-0.39, 0.29) is 11.8 Å². The summed E-state index contributed by atoms with van der Waals surface area (Å²) in [6.45, 7) is 4.48. The van der Waals surface area contributed by atoms with Gasteiger partial charge in [0.25, 0.3) is 0 Å². The summed E-state index contributed by atoms with van der Waals surface area (Å²) in [7, 11) is 0. The monoisotopic (exact) mass is 420 g/mol. The highest BCUT2D eigenvalue weighted by molar-refractivity contribution is 5.94. The Balaban J connectivity index is 1.24. The lowest BCUT2D eigenvalue weighted by atomic mass is 9.78. The van der Waals surface area contributed by atoms with Crippen LogP contribution in [0, 0.1) is 18.8 Å². The second-order valence-electron chi connectivity index (χ2n) is 8.59. The van der Waals surface area contributed by atoms with Crippen molar-refractivity contribution >= 4 is 22.5 Å². The van der Waals surface area contributed by atoms with Crippen molar-refractivity contribution in [2.75, 3.05) is 25.0 Å². The number of rotatable bonds is 4. The number of nitrogens with one attached hydrogen (secondary N) is 2. The standard InChI is InChI=1S/C24H28N4O3/c1-15-26-14-22(31-15)18-6-7-19-12-27-23(11-20(19)10-18)28-24(29)17-4-2-16(3-5-17)21-13-25-8-9-30-21/h6-7,10-12,14,16-17,21,25H,2-5,8-9,13H2,1H3,(H,27,28,29). The number of hydrogen-bond donors (Lipinski definition) is 2. The molecule has 1 unspecified atom stereocenters. The lowest BCUT2D eigenvalue weighted by molar-refractivity contribution is -0.121. The first-order valence-electron chi connectivity index (χ1n) is 11.1. The number of morpholine rings is 1. The van der Waals surface area contributed by atoms with Gasteiger partial charge in [-0.05, 0) is 49.1 Å². The predicted molar refractivity (Wildman–Crippen MR) is 119 cm³/mol. The van der Waals surface area contributed by atoms with Gasteiger partial charge in [-0.15, -0.1) is 0 Å². The Morgan fingerprint density at radius 2 is 1.97 bits per heavy atom. The zero-order valence-electron chi connectivity index (χ0n) is 17.8. The summed E-state index contributed by atoms with van der Waals surface area (Å²) < 4.78 is 11.5. The van der Waals surface area contributed by atoms with Crippen LogP contribution in [0.25, 0.3) is 22.1 Å². The van der Waals surface area contributed by atoms with Gasteiger partial charge in [0.1, 0.15) is 5.82 Å². The van der Waals surface area contributed by atoms with Crippen molar-refractivity contribution in [3.63, 3.8) is 0 Å². The van der Waals surface area contributed by atoms with Gasteiger partial charge in [-0.1, -0.05) is 12.1 Å². The summed E-state index contributed by atoms with van der Waals surface area (Å²) in [5, 5.41) is 8.45. The largest absolute Gasteiger partial charge is 0.441 e. The van der Waals surface area contributed by atoms with E-state index in [1.165, 1.54) is 0 Å². The Morgan fingerprint density at radius 1 is 1.10 bits per heavy atom. The Bertz CT molecular complexity index is 1070. The van der Waals surface area contributed by atoms with E-state index in [0.717, 1.165) is 67.5 Å². The lowest BCUT2D eigenvalue weighted by Gasteiger charge is -2.35. The molecule has 3 aromatic rings. The third-order valence-corrected chi connectivity index (χ3v) is 6.50. The van der Waals surface area contributed by atoms with Crippen molar-refractivity contribution in [3.8, 4) is 11.3 Å². The normalized spacial score (nSPS) is 24.2. The van der Waals surface area contributed by atoms with E-state index in [1.807, 2.05) is 31.2 Å². The first-order chi connectivity index (χ1) is 15.2. The molecule has 162 valence electrons. The molecule has 0 bridgehead atoms. The van der Waals surface area contributed by atoms with Crippen LogP contribution in [0.15, 0.2) is 41.1 Å². The molecule has 2 aliphatic rings. The summed E-state index contributed by atoms with van der Waals surface area (Å²) in [6.07, 6.45) is 7.70. The van der Waals surface area contributed by atoms with Gasteiger partial charge in [0.15, 0.2) is 11.7 Å². The molecular formula is C24H28N4O3. The minimum atomic E-state index is 0.0359. The van der Waals surface area contributed by atoms with Crippen molar-refractivity contribution in [3.05, 3.63) is 42.5 Å². The number of aryl methyl sites for hydroxylation is 1. The minimum absolute atomic E-state index is 0.0359. The van der Waals surface area contributed by atoms with Crippen molar-refractivity contribution < 1.29 is 13.9 Å². The molecular weight excluding hydrogens is 392 g/mol. The van der Waals surface area contributed by atoms with Crippen molar-refractivity contribution in [1.82, 2.24) is 15.3 Å². The molecule has 7 heteroatoms. The highest BCUT2D eigenvalue weighted by Gasteiger charge is 2.32. The molecule has 3 heterocycles. The molecule has 1 saturated carbocycles. The summed E-state index contributed by atoms with van der Waals surface area (Å²) in [5.74, 6) is 2.61. The third-order valence-electron chi connectivity index (χ3n) is 6.50. The number of carbonyl (C=O) groups is 1. The van der Waals surface area contributed by atoms with Gasteiger partial charge in [-0.3, -0.25) is 4.79 Å². The molecule has 7 nitrogen and oxygen atoms in total. The zero-order chi connectivity index (χ0) is 21.2. The molecule has 0 radical (unpaired) electrons. The smallest absolute Gasteiger partial charge is 0.228 e. The number of benzene rings is 1. The van der Waals surface area contributed by atoms with Crippen molar-refractivity contribution in [2.24, 2.45) is 11.8 Å². The SMILES string of the molecule is Cc1ncc(-c2ccc3cnc(NC(=O)C4CCC(C5CNCCO5)CC4)cc3c2)o1. The van der Waals surface area contributed by atoms with Crippen LogP contribution in [-0.4, -0.2) is 41.7 Å². The van der Waals surface area contributed by atoms with E-state index in [4.69, 9.17) is 9.15 Å². The van der Waals surface area contributed by atoms with Gasteiger partial charge in [0.2, 0.25) is 5.91 Å². The maximum atomic E-state index is 12.9. The molecule has 5 rings (SSSR count). The zero-order valence-corrected chi connectivity index (χ0v) is 17.8.